The molecule has 7 heteroatoms. The topological polar surface area (TPSA) is 93.9 Å². The first-order valence-corrected chi connectivity index (χ1v) is 10.5. The van der Waals surface area contributed by atoms with E-state index in [9.17, 15) is 4.57 Å². The molecule has 136 valence electrons. The fourth-order valence-corrected chi connectivity index (χ4v) is 3.48. The van der Waals surface area contributed by atoms with Crippen molar-refractivity contribution in [1.82, 2.24) is 4.67 Å². The van der Waals surface area contributed by atoms with E-state index in [1.165, 1.54) is 0 Å². The van der Waals surface area contributed by atoms with Gasteiger partial charge in [-0.25, -0.2) is 4.67 Å². The summed E-state index contributed by atoms with van der Waals surface area (Å²) in [6.07, 6.45) is 1.64. The van der Waals surface area contributed by atoms with E-state index in [4.69, 9.17) is 16.0 Å². The average molecular weight is 338 g/mol. The number of hydrogen-bond acceptors (Lipinski definition) is 3. The lowest BCUT2D eigenvalue weighted by molar-refractivity contribution is 0.246. The molecular formula is C15H39N4O2P. The maximum Gasteiger partial charge on any atom is 0.269 e. The van der Waals surface area contributed by atoms with Crippen molar-refractivity contribution in [2.24, 2.45) is 16.5 Å². The summed E-state index contributed by atoms with van der Waals surface area (Å²) in [7, 11) is -2.61. The number of aliphatic imine (C=N–C) groups is 1. The zero-order chi connectivity index (χ0) is 18.2. The van der Waals surface area contributed by atoms with E-state index >= 15 is 0 Å². The van der Waals surface area contributed by atoms with Crippen LogP contribution in [0.3, 0.4) is 0 Å². The third kappa shape index (κ3) is 12.0. The molecule has 1 unspecified atom stereocenters. The lowest BCUT2D eigenvalue weighted by Crippen LogP contribution is -2.35. The molecule has 1 fully saturated rings. The summed E-state index contributed by atoms with van der Waals surface area (Å²) in [6.45, 7) is 17.4. The molecule has 0 aromatic carbocycles. The van der Waals surface area contributed by atoms with E-state index in [1.54, 1.807) is 6.66 Å². The molecule has 0 radical (unpaired) electrons. The zero-order valence-corrected chi connectivity index (χ0v) is 16.8. The van der Waals surface area contributed by atoms with Crippen LogP contribution >= 0.6 is 7.52 Å². The Labute approximate surface area is 138 Å². The average Bonchev–Trinajstić information content (AvgIpc) is 2.53. The Morgan fingerprint density at radius 2 is 1.55 bits per heavy atom. The van der Waals surface area contributed by atoms with Gasteiger partial charge in [0, 0.05) is 19.8 Å². The van der Waals surface area contributed by atoms with Gasteiger partial charge in [-0.2, -0.15) is 0 Å². The maximum absolute atomic E-state index is 12.1. The largest absolute Gasteiger partial charge is 0.370 e. The number of rotatable bonds is 4. The Hall–Kier alpha value is -0.580. The smallest absolute Gasteiger partial charge is 0.269 e. The van der Waals surface area contributed by atoms with Gasteiger partial charge in [-0.1, -0.05) is 41.5 Å². The summed E-state index contributed by atoms with van der Waals surface area (Å²) in [5.74, 6) is 0.128. The third-order valence-corrected chi connectivity index (χ3v) is 4.82. The van der Waals surface area contributed by atoms with Crippen molar-refractivity contribution < 1.29 is 9.09 Å². The predicted molar refractivity (Wildman–Crippen MR) is 99.6 cm³/mol. The second-order valence-corrected chi connectivity index (χ2v) is 6.39. The molecule has 1 rings (SSSR count). The first-order chi connectivity index (χ1) is 10.5. The van der Waals surface area contributed by atoms with E-state index < -0.39 is 7.52 Å². The van der Waals surface area contributed by atoms with Gasteiger partial charge in [-0.05, 0) is 19.8 Å². The molecule has 0 aromatic rings. The molecule has 22 heavy (non-hydrogen) atoms. The van der Waals surface area contributed by atoms with Crippen molar-refractivity contribution in [2.75, 3.05) is 26.4 Å². The van der Waals surface area contributed by atoms with Crippen LogP contribution in [0.4, 0.5) is 0 Å². The highest BCUT2D eigenvalue weighted by Crippen LogP contribution is 2.48. The molecule has 1 heterocycles. The van der Waals surface area contributed by atoms with Crippen molar-refractivity contribution >= 4 is 13.5 Å². The highest BCUT2D eigenvalue weighted by molar-refractivity contribution is 7.55. The Morgan fingerprint density at radius 3 is 1.86 bits per heavy atom. The fourth-order valence-electron chi connectivity index (χ4n) is 1.88. The molecule has 1 aliphatic heterocycles. The van der Waals surface area contributed by atoms with Crippen LogP contribution in [0.1, 0.15) is 61.3 Å². The highest BCUT2D eigenvalue weighted by Gasteiger charge is 2.30. The molecule has 1 saturated heterocycles. The normalized spacial score (nSPS) is 17.3. The van der Waals surface area contributed by atoms with Gasteiger partial charge in [0.15, 0.2) is 5.96 Å². The molecule has 1 atom stereocenters. The van der Waals surface area contributed by atoms with E-state index in [-0.39, 0.29) is 12.0 Å². The minimum absolute atomic E-state index is 0.128. The van der Waals surface area contributed by atoms with Crippen LogP contribution in [0, 0.1) is 0 Å². The van der Waals surface area contributed by atoms with E-state index in [1.807, 2.05) is 53.1 Å². The van der Waals surface area contributed by atoms with Crippen molar-refractivity contribution in [3.63, 3.8) is 0 Å². The minimum atomic E-state index is -2.61. The summed E-state index contributed by atoms with van der Waals surface area (Å²) in [4.78, 5) is 4.11. The van der Waals surface area contributed by atoms with Crippen LogP contribution in [-0.4, -0.2) is 43.0 Å². The summed E-state index contributed by atoms with van der Waals surface area (Å²) >= 11 is 0. The molecule has 0 saturated carbocycles. The van der Waals surface area contributed by atoms with Crippen molar-refractivity contribution in [2.45, 2.75) is 67.3 Å². The quantitative estimate of drug-likeness (QED) is 0.463. The van der Waals surface area contributed by atoms with Crippen LogP contribution in [0.2, 0.25) is 0 Å². The van der Waals surface area contributed by atoms with Crippen LogP contribution in [-0.2, 0) is 9.09 Å². The molecule has 0 spiro atoms. The van der Waals surface area contributed by atoms with E-state index in [0.29, 0.717) is 6.61 Å². The molecule has 0 aliphatic carbocycles. The Morgan fingerprint density at radius 1 is 1.14 bits per heavy atom. The molecule has 0 aromatic heterocycles. The van der Waals surface area contributed by atoms with Gasteiger partial charge in [0.05, 0.1) is 12.6 Å². The van der Waals surface area contributed by atoms with Gasteiger partial charge in [-0.3, -0.25) is 9.56 Å². The van der Waals surface area contributed by atoms with Gasteiger partial charge >= 0.3 is 0 Å². The first kappa shape index (κ1) is 26.3. The first-order valence-electron chi connectivity index (χ1n) is 8.52. The van der Waals surface area contributed by atoms with Gasteiger partial charge < -0.3 is 16.0 Å². The minimum Gasteiger partial charge on any atom is -0.370 e. The number of piperidine rings is 1. The molecular weight excluding hydrogens is 299 g/mol. The van der Waals surface area contributed by atoms with Crippen LogP contribution < -0.4 is 11.5 Å². The Bertz CT molecular complexity index is 300. The standard InChI is InChI=1S/C9H21N4O2P.3C2H6/c1-3-15-16(2,14)13-6-4-8(5-7-13)12-9(10)11;3*1-2/h8H,3-7H2,1-2H3,(H4,10,11,12);3*1-2H3. The predicted octanol–water partition coefficient (Wildman–Crippen LogP) is 3.66. The van der Waals surface area contributed by atoms with Crippen molar-refractivity contribution in [3.8, 4) is 0 Å². The maximum atomic E-state index is 12.1. The van der Waals surface area contributed by atoms with Crippen LogP contribution in [0.5, 0.6) is 0 Å². The van der Waals surface area contributed by atoms with Crippen molar-refractivity contribution in [3.05, 3.63) is 0 Å². The fraction of sp³-hybridized carbons (Fsp3) is 0.933. The second-order valence-electron chi connectivity index (χ2n) is 3.96. The molecule has 6 nitrogen and oxygen atoms in total. The lowest BCUT2D eigenvalue weighted by Gasteiger charge is -2.33. The SMILES string of the molecule is CC.CC.CC.CCOP(C)(=O)N1CCC(N=C(N)N)CC1. The van der Waals surface area contributed by atoms with Gasteiger partial charge in [0.1, 0.15) is 0 Å². The number of nitrogens with zero attached hydrogens (tertiary/aromatic N) is 2. The lowest BCUT2D eigenvalue weighted by atomic mass is 10.1. The van der Waals surface area contributed by atoms with Crippen LogP contribution in [0.15, 0.2) is 4.99 Å². The second kappa shape index (κ2) is 16.8. The number of guanidine groups is 1. The summed E-state index contributed by atoms with van der Waals surface area (Å²) < 4.78 is 19.3. The molecule has 4 N–H and O–H groups in total. The van der Waals surface area contributed by atoms with Crippen LogP contribution in [0.25, 0.3) is 0 Å². The number of hydrogen-bond donors (Lipinski definition) is 2. The summed E-state index contributed by atoms with van der Waals surface area (Å²) in [5, 5.41) is 0. The van der Waals surface area contributed by atoms with E-state index in [0.717, 1.165) is 25.9 Å². The molecule has 1 aliphatic rings. The van der Waals surface area contributed by atoms with E-state index in [2.05, 4.69) is 4.99 Å². The Balaban J connectivity index is -0.000000535. The van der Waals surface area contributed by atoms with Gasteiger partial charge in [0.25, 0.3) is 7.52 Å². The van der Waals surface area contributed by atoms with Gasteiger partial charge in [-0.15, -0.1) is 0 Å². The van der Waals surface area contributed by atoms with Gasteiger partial charge in [0.2, 0.25) is 0 Å². The third-order valence-electron chi connectivity index (χ3n) is 2.65. The molecule has 0 amide bonds. The Kier molecular flexibility index (Phi) is 20.1. The zero-order valence-electron chi connectivity index (χ0n) is 15.9. The highest BCUT2D eigenvalue weighted by atomic mass is 31.2. The summed E-state index contributed by atoms with van der Waals surface area (Å²) in [6, 6.07) is 0.155. The number of nitrogens with two attached hydrogens (primary N) is 2. The molecule has 0 bridgehead atoms. The van der Waals surface area contributed by atoms with Crippen molar-refractivity contribution in [1.29, 1.82) is 0 Å². The summed E-state index contributed by atoms with van der Waals surface area (Å²) in [5.41, 5.74) is 10.7. The monoisotopic (exact) mass is 338 g/mol.